The minimum Gasteiger partial charge on any atom is -0.456 e. The minimum atomic E-state index is -0.359. The van der Waals surface area contributed by atoms with Crippen LogP contribution >= 0.6 is 11.6 Å². The summed E-state index contributed by atoms with van der Waals surface area (Å²) in [6.07, 6.45) is 6.41. The van der Waals surface area contributed by atoms with Gasteiger partial charge in [0.2, 0.25) is 0 Å². The number of hydrogen-bond donors (Lipinski definition) is 1. The second-order valence-electron chi connectivity index (χ2n) is 4.69. The van der Waals surface area contributed by atoms with E-state index in [0.29, 0.717) is 17.1 Å². The molecule has 4 nitrogen and oxygen atoms in total. The van der Waals surface area contributed by atoms with Crippen LogP contribution in [0, 0.1) is 5.92 Å². The van der Waals surface area contributed by atoms with Crippen LogP contribution in [0.25, 0.3) is 0 Å². The number of rotatable bonds is 5. The zero-order valence-electron chi connectivity index (χ0n) is 11.0. The average molecular weight is 294 g/mol. The lowest BCUT2D eigenvalue weighted by atomic mass is 10.1. The molecule has 0 fully saturated rings. The van der Waals surface area contributed by atoms with Gasteiger partial charge in [-0.15, -0.1) is 0 Å². The van der Waals surface area contributed by atoms with Crippen LogP contribution in [-0.2, 0) is 14.3 Å². The molecule has 0 bridgehead atoms. The summed E-state index contributed by atoms with van der Waals surface area (Å²) in [6.45, 7) is -0.266. The number of amides is 1. The first-order valence-corrected chi connectivity index (χ1v) is 6.89. The van der Waals surface area contributed by atoms with E-state index in [1.165, 1.54) is 0 Å². The van der Waals surface area contributed by atoms with E-state index >= 15 is 0 Å². The second kappa shape index (κ2) is 7.10. The van der Waals surface area contributed by atoms with Crippen LogP contribution in [0.2, 0.25) is 5.02 Å². The van der Waals surface area contributed by atoms with Gasteiger partial charge in [0.15, 0.2) is 6.61 Å². The fourth-order valence-corrected chi connectivity index (χ4v) is 2.14. The molecule has 0 radical (unpaired) electrons. The van der Waals surface area contributed by atoms with E-state index < -0.39 is 0 Å². The zero-order valence-corrected chi connectivity index (χ0v) is 11.7. The third-order valence-electron chi connectivity index (χ3n) is 3.03. The summed E-state index contributed by atoms with van der Waals surface area (Å²) >= 11 is 5.74. The van der Waals surface area contributed by atoms with E-state index in [1.54, 1.807) is 24.3 Å². The summed E-state index contributed by atoms with van der Waals surface area (Å²) in [7, 11) is 0. The van der Waals surface area contributed by atoms with Crippen LogP contribution in [-0.4, -0.2) is 18.5 Å². The summed E-state index contributed by atoms with van der Waals surface area (Å²) in [4.78, 5) is 23.2. The molecule has 0 aromatic heterocycles. The number of esters is 1. The first kappa shape index (κ1) is 14.6. The van der Waals surface area contributed by atoms with Crippen molar-refractivity contribution in [2.75, 3.05) is 11.9 Å². The summed E-state index contributed by atoms with van der Waals surface area (Å²) in [5.74, 6) is -0.447. The van der Waals surface area contributed by atoms with Gasteiger partial charge in [0, 0.05) is 10.7 Å². The van der Waals surface area contributed by atoms with Gasteiger partial charge in [-0.1, -0.05) is 23.8 Å². The van der Waals surface area contributed by atoms with Gasteiger partial charge in [-0.2, -0.15) is 0 Å². The van der Waals surface area contributed by atoms with E-state index in [4.69, 9.17) is 16.3 Å². The molecular formula is C15H16ClNO3. The van der Waals surface area contributed by atoms with Crippen molar-refractivity contribution in [1.29, 1.82) is 0 Å². The summed E-state index contributed by atoms with van der Waals surface area (Å²) < 4.78 is 4.95. The van der Waals surface area contributed by atoms with E-state index in [0.717, 1.165) is 12.8 Å². The van der Waals surface area contributed by atoms with Crippen LogP contribution in [0.4, 0.5) is 5.69 Å². The number of carbonyl (C=O) groups excluding carboxylic acids is 2. The van der Waals surface area contributed by atoms with Crippen molar-refractivity contribution in [3.63, 3.8) is 0 Å². The molecule has 20 heavy (non-hydrogen) atoms. The molecule has 0 saturated carbocycles. The van der Waals surface area contributed by atoms with Crippen LogP contribution in [0.1, 0.15) is 19.3 Å². The lowest BCUT2D eigenvalue weighted by Gasteiger charge is -2.08. The molecule has 1 aliphatic rings. The van der Waals surface area contributed by atoms with Crippen LogP contribution in [0.15, 0.2) is 36.4 Å². The quantitative estimate of drug-likeness (QED) is 0.670. The van der Waals surface area contributed by atoms with Gasteiger partial charge < -0.3 is 10.1 Å². The van der Waals surface area contributed by atoms with Crippen LogP contribution in [0.3, 0.4) is 0 Å². The van der Waals surface area contributed by atoms with Crippen molar-refractivity contribution < 1.29 is 14.3 Å². The molecule has 2 rings (SSSR count). The van der Waals surface area contributed by atoms with Gasteiger partial charge in [-0.25, -0.2) is 0 Å². The number of ether oxygens (including phenoxy) is 1. The summed E-state index contributed by atoms with van der Waals surface area (Å²) in [5.41, 5.74) is 0.620. The monoisotopic (exact) mass is 293 g/mol. The number of halogens is 1. The molecule has 1 aliphatic carbocycles. The van der Waals surface area contributed by atoms with Gasteiger partial charge in [0.05, 0.1) is 6.42 Å². The minimum absolute atomic E-state index is 0.252. The van der Waals surface area contributed by atoms with Crippen molar-refractivity contribution in [3.8, 4) is 0 Å². The standard InChI is InChI=1S/C15H16ClNO3/c16-12-5-7-13(8-6-12)17-14(18)10-20-15(19)9-11-3-1-2-4-11/h1,3,5-8,11H,2,4,9-10H2,(H,17,18)/t11-/m1/s1. The molecule has 106 valence electrons. The Balaban J connectivity index is 1.70. The van der Waals surface area contributed by atoms with Crippen molar-refractivity contribution in [3.05, 3.63) is 41.4 Å². The third-order valence-corrected chi connectivity index (χ3v) is 3.29. The number of nitrogens with one attached hydrogen (secondary N) is 1. The molecule has 0 aliphatic heterocycles. The molecule has 1 aromatic carbocycles. The normalized spacial score (nSPS) is 16.9. The Morgan fingerprint density at radius 3 is 2.70 bits per heavy atom. The Bertz CT molecular complexity index is 510. The molecular weight excluding hydrogens is 278 g/mol. The highest BCUT2D eigenvalue weighted by Gasteiger charge is 2.15. The first-order chi connectivity index (χ1) is 9.63. The summed E-state index contributed by atoms with van der Waals surface area (Å²) in [6, 6.07) is 6.72. The molecule has 0 saturated heterocycles. The maximum Gasteiger partial charge on any atom is 0.306 e. The predicted molar refractivity (Wildman–Crippen MR) is 77.5 cm³/mol. The first-order valence-electron chi connectivity index (χ1n) is 6.51. The van der Waals surface area contributed by atoms with Gasteiger partial charge in [-0.3, -0.25) is 9.59 Å². The third kappa shape index (κ3) is 4.70. The Kier molecular flexibility index (Phi) is 5.18. The van der Waals surface area contributed by atoms with Crippen LogP contribution in [0.5, 0.6) is 0 Å². The molecule has 1 atom stereocenters. The maximum atomic E-state index is 11.6. The van der Waals surface area contributed by atoms with Gasteiger partial charge in [0.1, 0.15) is 0 Å². The number of hydrogen-bond acceptors (Lipinski definition) is 3. The van der Waals surface area contributed by atoms with Crippen LogP contribution < -0.4 is 5.32 Å². The Labute approximate surface area is 122 Å². The number of allylic oxidation sites excluding steroid dienone is 2. The van der Waals surface area contributed by atoms with Crippen molar-refractivity contribution in [1.82, 2.24) is 0 Å². The van der Waals surface area contributed by atoms with E-state index in [-0.39, 0.29) is 24.4 Å². The fourth-order valence-electron chi connectivity index (χ4n) is 2.01. The Hall–Kier alpha value is -1.81. The highest BCUT2D eigenvalue weighted by molar-refractivity contribution is 6.30. The lowest BCUT2D eigenvalue weighted by molar-refractivity contribution is -0.147. The zero-order chi connectivity index (χ0) is 14.4. The Morgan fingerprint density at radius 1 is 1.30 bits per heavy atom. The SMILES string of the molecule is O=C(COC(=O)C[C@@H]1C=CCC1)Nc1ccc(Cl)cc1. The average Bonchev–Trinajstić information content (AvgIpc) is 2.92. The lowest BCUT2D eigenvalue weighted by Crippen LogP contribution is -2.21. The van der Waals surface area contributed by atoms with E-state index in [1.807, 2.05) is 6.08 Å². The molecule has 5 heteroatoms. The molecule has 1 N–H and O–H groups in total. The van der Waals surface area contributed by atoms with Gasteiger partial charge in [-0.05, 0) is 43.0 Å². The van der Waals surface area contributed by atoms with Gasteiger partial charge in [0.25, 0.3) is 5.91 Å². The van der Waals surface area contributed by atoms with Gasteiger partial charge >= 0.3 is 5.97 Å². The molecule has 0 heterocycles. The smallest absolute Gasteiger partial charge is 0.306 e. The molecule has 0 unspecified atom stereocenters. The number of carbonyl (C=O) groups is 2. The van der Waals surface area contributed by atoms with Crippen molar-refractivity contribution >= 4 is 29.2 Å². The summed E-state index contributed by atoms with van der Waals surface area (Å²) in [5, 5.41) is 3.23. The van der Waals surface area contributed by atoms with Crippen molar-refractivity contribution in [2.24, 2.45) is 5.92 Å². The highest BCUT2D eigenvalue weighted by atomic mass is 35.5. The number of benzene rings is 1. The van der Waals surface area contributed by atoms with Crippen molar-refractivity contribution in [2.45, 2.75) is 19.3 Å². The van der Waals surface area contributed by atoms with E-state index in [9.17, 15) is 9.59 Å². The van der Waals surface area contributed by atoms with E-state index in [2.05, 4.69) is 11.4 Å². The molecule has 0 spiro atoms. The highest BCUT2D eigenvalue weighted by Crippen LogP contribution is 2.20. The largest absolute Gasteiger partial charge is 0.456 e. The second-order valence-corrected chi connectivity index (χ2v) is 5.12. The number of anilines is 1. The predicted octanol–water partition coefficient (Wildman–Crippen LogP) is 3.18. The fraction of sp³-hybridized carbons (Fsp3) is 0.333. The Morgan fingerprint density at radius 2 is 2.05 bits per heavy atom. The molecule has 1 aromatic rings. The maximum absolute atomic E-state index is 11.6. The molecule has 1 amide bonds. The topological polar surface area (TPSA) is 55.4 Å².